The first-order valence-electron chi connectivity index (χ1n) is 15.2. The Morgan fingerprint density at radius 3 is 2.70 bits per heavy atom. The predicted octanol–water partition coefficient (Wildman–Crippen LogP) is 3.97. The van der Waals surface area contributed by atoms with Gasteiger partial charge in [0.15, 0.2) is 0 Å². The first-order valence-corrected chi connectivity index (χ1v) is 15.6. The molecule has 46 heavy (non-hydrogen) atoms. The van der Waals surface area contributed by atoms with Crippen molar-refractivity contribution in [1.82, 2.24) is 30.5 Å². The van der Waals surface area contributed by atoms with Crippen LogP contribution in [0.5, 0.6) is 5.88 Å². The van der Waals surface area contributed by atoms with Crippen LogP contribution in [0.1, 0.15) is 40.0 Å². The number of nitrogens with zero attached hydrogens (tertiary/aromatic N) is 4. The quantitative estimate of drug-likeness (QED) is 0.191. The third kappa shape index (κ3) is 7.02. The highest BCUT2D eigenvalue weighted by Gasteiger charge is 2.24. The molecule has 1 atom stereocenters. The topological polar surface area (TPSA) is 142 Å². The maximum atomic E-state index is 13.1. The highest BCUT2D eigenvalue weighted by atomic mass is 35.5. The molecule has 2 amide bonds. The van der Waals surface area contributed by atoms with E-state index in [4.69, 9.17) is 21.3 Å². The van der Waals surface area contributed by atoms with E-state index in [1.54, 1.807) is 25.6 Å². The summed E-state index contributed by atoms with van der Waals surface area (Å²) in [6, 6.07) is 15.0. The van der Waals surface area contributed by atoms with Gasteiger partial charge in [0, 0.05) is 80.0 Å². The van der Waals surface area contributed by atoms with E-state index in [2.05, 4.69) is 30.8 Å². The Kier molecular flexibility index (Phi) is 9.55. The van der Waals surface area contributed by atoms with Crippen LogP contribution in [0, 0.1) is 6.92 Å². The lowest BCUT2D eigenvalue weighted by atomic mass is 10.0. The summed E-state index contributed by atoms with van der Waals surface area (Å²) < 4.78 is 5.61. The van der Waals surface area contributed by atoms with Crippen LogP contribution in [-0.4, -0.2) is 75.7 Å². The van der Waals surface area contributed by atoms with Crippen molar-refractivity contribution in [3.8, 4) is 28.4 Å². The largest absolute Gasteiger partial charge is 0.481 e. The maximum Gasteiger partial charge on any atom is 0.274 e. The fourth-order valence-corrected chi connectivity index (χ4v) is 6.08. The fraction of sp³-hybridized carbons (Fsp3) is 0.324. The number of carbonyl (C=O) groups excluding carboxylic acids is 2. The van der Waals surface area contributed by atoms with Gasteiger partial charge in [-0.1, -0.05) is 35.9 Å². The minimum Gasteiger partial charge on any atom is -0.481 e. The van der Waals surface area contributed by atoms with Crippen molar-refractivity contribution < 1.29 is 19.4 Å². The van der Waals surface area contributed by atoms with E-state index in [1.165, 1.54) is 0 Å². The Labute approximate surface area is 272 Å². The van der Waals surface area contributed by atoms with E-state index in [0.29, 0.717) is 78.4 Å². The Morgan fingerprint density at radius 1 is 1.13 bits per heavy atom. The van der Waals surface area contributed by atoms with Crippen LogP contribution in [0.25, 0.3) is 22.5 Å². The van der Waals surface area contributed by atoms with E-state index in [1.807, 2.05) is 49.4 Å². The number of aliphatic hydroxyl groups is 1. The molecule has 2 saturated heterocycles. The van der Waals surface area contributed by atoms with Crippen LogP contribution in [0.4, 0.5) is 5.69 Å². The molecular formula is C34H36ClN7O4. The van der Waals surface area contributed by atoms with E-state index in [0.717, 1.165) is 28.7 Å². The number of aliphatic hydroxyl groups excluding tert-OH is 1. The molecule has 5 heterocycles. The number of carbonyl (C=O) groups is 2. The second-order valence-electron chi connectivity index (χ2n) is 11.7. The molecular weight excluding hydrogens is 606 g/mol. The molecule has 6 rings (SSSR count). The number of nitrogens with one attached hydrogen (secondary N) is 3. The highest BCUT2D eigenvalue weighted by molar-refractivity contribution is 6.35. The van der Waals surface area contributed by atoms with E-state index in [9.17, 15) is 14.7 Å². The third-order valence-electron chi connectivity index (χ3n) is 8.33. The van der Waals surface area contributed by atoms with E-state index in [-0.39, 0.29) is 24.0 Å². The second-order valence-corrected chi connectivity index (χ2v) is 12.0. The van der Waals surface area contributed by atoms with Gasteiger partial charge in [0.05, 0.1) is 29.6 Å². The summed E-state index contributed by atoms with van der Waals surface area (Å²) in [6.45, 7) is 5.11. The Hall–Kier alpha value is -4.42. The molecule has 0 aliphatic carbocycles. The average molecular weight is 642 g/mol. The number of methoxy groups -OCH3 is 1. The summed E-state index contributed by atoms with van der Waals surface area (Å²) in [5.41, 5.74) is 6.29. The number of amides is 2. The first kappa shape index (κ1) is 31.6. The fourth-order valence-electron chi connectivity index (χ4n) is 5.77. The third-order valence-corrected chi connectivity index (χ3v) is 8.71. The van der Waals surface area contributed by atoms with Crippen molar-refractivity contribution in [2.45, 2.75) is 45.0 Å². The molecule has 2 fully saturated rings. The van der Waals surface area contributed by atoms with Crippen molar-refractivity contribution in [3.05, 3.63) is 88.3 Å². The lowest BCUT2D eigenvalue weighted by molar-refractivity contribution is -0.119. The molecule has 238 valence electrons. The van der Waals surface area contributed by atoms with E-state index < -0.39 is 0 Å². The number of benzene rings is 1. The summed E-state index contributed by atoms with van der Waals surface area (Å²) in [5.74, 6) is 0.255. The molecule has 11 nitrogen and oxygen atoms in total. The zero-order chi connectivity index (χ0) is 32.2. The number of hydrogen-bond acceptors (Lipinski definition) is 9. The van der Waals surface area contributed by atoms with Gasteiger partial charge in [-0.3, -0.25) is 24.5 Å². The predicted molar refractivity (Wildman–Crippen MR) is 176 cm³/mol. The normalized spacial score (nSPS) is 16.6. The minimum absolute atomic E-state index is 0.0929. The van der Waals surface area contributed by atoms with Crippen LogP contribution in [0.15, 0.2) is 60.9 Å². The number of hydrogen-bond donors (Lipinski definition) is 4. The van der Waals surface area contributed by atoms with Gasteiger partial charge in [-0.05, 0) is 48.7 Å². The standard InChI is InChI=1S/C34H36ClN7O4/c1-20-25(4-3-5-27(20)40-33(45)29-9-6-21(14-38-29)17-42-18-24(43)19-42)32-31(35)26(12-13-37-32)28-10-7-22(34(41-28)46-2)15-36-16-23-8-11-30(44)39-23/h3-7,9-10,12-14,23-24,36,43H,8,11,15-19H2,1-2H3,(H,39,44)(H,40,45)/t23-/m1/s1. The van der Waals surface area contributed by atoms with Crippen molar-refractivity contribution in [2.75, 3.05) is 32.1 Å². The van der Waals surface area contributed by atoms with Crippen LogP contribution in [-0.2, 0) is 17.9 Å². The van der Waals surface area contributed by atoms with Crippen LogP contribution in [0.2, 0.25) is 5.02 Å². The summed E-state index contributed by atoms with van der Waals surface area (Å²) in [4.78, 5) is 40.4. The molecule has 4 aromatic rings. The van der Waals surface area contributed by atoms with Gasteiger partial charge >= 0.3 is 0 Å². The lowest BCUT2D eigenvalue weighted by Gasteiger charge is -2.35. The van der Waals surface area contributed by atoms with Gasteiger partial charge in [0.1, 0.15) is 5.69 Å². The highest BCUT2D eigenvalue weighted by Crippen LogP contribution is 2.38. The van der Waals surface area contributed by atoms with Crippen molar-refractivity contribution in [1.29, 1.82) is 0 Å². The van der Waals surface area contributed by atoms with Crippen LogP contribution in [0.3, 0.4) is 0 Å². The number of ether oxygens (including phenoxy) is 1. The van der Waals surface area contributed by atoms with Gasteiger partial charge in [-0.15, -0.1) is 0 Å². The van der Waals surface area contributed by atoms with Crippen LogP contribution < -0.4 is 20.7 Å². The number of aromatic nitrogens is 3. The van der Waals surface area contributed by atoms with Gasteiger partial charge in [-0.2, -0.15) is 0 Å². The number of halogens is 1. The molecule has 0 radical (unpaired) electrons. The summed E-state index contributed by atoms with van der Waals surface area (Å²) in [6.07, 6.45) is 4.52. The van der Waals surface area contributed by atoms with Crippen molar-refractivity contribution in [3.63, 3.8) is 0 Å². The van der Waals surface area contributed by atoms with Gasteiger partial charge < -0.3 is 25.8 Å². The van der Waals surface area contributed by atoms with Crippen molar-refractivity contribution >= 4 is 29.1 Å². The Balaban J connectivity index is 1.16. The molecule has 0 spiro atoms. The Bertz CT molecular complexity index is 1740. The zero-order valence-corrected chi connectivity index (χ0v) is 26.5. The van der Waals surface area contributed by atoms with Crippen LogP contribution >= 0.6 is 11.6 Å². The summed E-state index contributed by atoms with van der Waals surface area (Å²) in [5, 5.41) is 19.2. The summed E-state index contributed by atoms with van der Waals surface area (Å²) >= 11 is 6.98. The monoisotopic (exact) mass is 641 g/mol. The molecule has 4 N–H and O–H groups in total. The van der Waals surface area contributed by atoms with Crippen molar-refractivity contribution in [2.24, 2.45) is 0 Å². The maximum absolute atomic E-state index is 13.1. The number of β-amino-alcohol motifs (C(OH)–C–C–N with tert-alkyl or cyclic N) is 1. The molecule has 0 saturated carbocycles. The minimum atomic E-state index is -0.321. The van der Waals surface area contributed by atoms with E-state index >= 15 is 0 Å². The Morgan fingerprint density at radius 2 is 1.98 bits per heavy atom. The SMILES string of the molecule is COc1nc(-c2ccnc(-c3cccc(NC(=O)c4ccc(CN5CC(O)C5)cn4)c3C)c2Cl)ccc1CNC[C@H]1CCC(=O)N1. The number of pyridine rings is 3. The molecule has 0 bridgehead atoms. The van der Waals surface area contributed by atoms with Gasteiger partial charge in [0.2, 0.25) is 11.8 Å². The number of likely N-dealkylation sites (tertiary alicyclic amines) is 1. The molecule has 0 unspecified atom stereocenters. The molecule has 2 aliphatic heterocycles. The molecule has 3 aromatic heterocycles. The second kappa shape index (κ2) is 13.9. The average Bonchev–Trinajstić information content (AvgIpc) is 3.46. The molecule has 1 aromatic carbocycles. The smallest absolute Gasteiger partial charge is 0.274 e. The molecule has 2 aliphatic rings. The number of anilines is 1. The summed E-state index contributed by atoms with van der Waals surface area (Å²) in [7, 11) is 1.58. The van der Waals surface area contributed by atoms with Gasteiger partial charge in [0.25, 0.3) is 5.91 Å². The molecule has 12 heteroatoms. The zero-order valence-electron chi connectivity index (χ0n) is 25.7. The first-order chi connectivity index (χ1) is 22.3. The number of rotatable bonds is 11. The lowest BCUT2D eigenvalue weighted by Crippen LogP contribution is -2.49. The van der Waals surface area contributed by atoms with Gasteiger partial charge in [-0.25, -0.2) is 4.98 Å².